The molecule has 1 N–H and O–H groups in total. The number of aromatic nitrogens is 1. The minimum atomic E-state index is -0.223. The van der Waals surface area contributed by atoms with Gasteiger partial charge in [-0.2, -0.15) is 0 Å². The molecule has 4 nitrogen and oxygen atoms in total. The summed E-state index contributed by atoms with van der Waals surface area (Å²) >= 11 is 9.29. The molecule has 0 spiro atoms. The Morgan fingerprint density at radius 3 is 2.71 bits per heavy atom. The summed E-state index contributed by atoms with van der Waals surface area (Å²) in [5, 5.41) is 7.60. The zero-order valence-electron chi connectivity index (χ0n) is 12.8. The van der Waals surface area contributed by atoms with E-state index >= 15 is 0 Å². The number of nitrogens with one attached hydrogen (secondary N) is 1. The third-order valence-electron chi connectivity index (χ3n) is 3.55. The lowest BCUT2D eigenvalue weighted by molar-refractivity contribution is 0.0950. The highest BCUT2D eigenvalue weighted by molar-refractivity contribution is 9.10. The van der Waals surface area contributed by atoms with Gasteiger partial charge in [0.2, 0.25) is 0 Å². The fourth-order valence-corrected chi connectivity index (χ4v) is 2.87. The monoisotopic (exact) mass is 404 g/mol. The Labute approximate surface area is 152 Å². The average molecular weight is 406 g/mol. The van der Waals surface area contributed by atoms with Gasteiger partial charge in [-0.3, -0.25) is 4.79 Å². The number of hydrogen-bond donors (Lipinski definition) is 1. The molecule has 0 fully saturated rings. The molecule has 0 atom stereocenters. The molecule has 0 radical (unpaired) electrons. The first-order valence-corrected chi connectivity index (χ1v) is 8.46. The van der Waals surface area contributed by atoms with Crippen molar-refractivity contribution < 1.29 is 9.32 Å². The summed E-state index contributed by atoms with van der Waals surface area (Å²) in [7, 11) is 0. The lowest BCUT2D eigenvalue weighted by Crippen LogP contribution is -2.23. The van der Waals surface area contributed by atoms with E-state index in [2.05, 4.69) is 26.4 Å². The highest BCUT2D eigenvalue weighted by Gasteiger charge is 2.21. The summed E-state index contributed by atoms with van der Waals surface area (Å²) < 4.78 is 6.15. The van der Waals surface area contributed by atoms with E-state index in [9.17, 15) is 4.79 Å². The van der Waals surface area contributed by atoms with E-state index in [1.54, 1.807) is 19.1 Å². The van der Waals surface area contributed by atoms with Gasteiger partial charge in [-0.25, -0.2) is 0 Å². The van der Waals surface area contributed by atoms with Gasteiger partial charge in [0.15, 0.2) is 0 Å². The molecule has 0 saturated carbocycles. The number of carbonyl (C=O) groups is 1. The van der Waals surface area contributed by atoms with E-state index in [0.29, 0.717) is 28.6 Å². The van der Waals surface area contributed by atoms with Gasteiger partial charge in [-0.1, -0.05) is 57.0 Å². The van der Waals surface area contributed by atoms with E-state index in [1.165, 1.54) is 0 Å². The zero-order valence-corrected chi connectivity index (χ0v) is 15.2. The van der Waals surface area contributed by atoms with Crippen LogP contribution in [0.2, 0.25) is 5.02 Å². The molecule has 0 unspecified atom stereocenters. The maximum absolute atomic E-state index is 12.6. The van der Waals surface area contributed by atoms with Crippen molar-refractivity contribution in [3.63, 3.8) is 0 Å². The van der Waals surface area contributed by atoms with Crippen LogP contribution < -0.4 is 5.32 Å². The quantitative estimate of drug-likeness (QED) is 0.665. The SMILES string of the molecule is Cc1onc(-c2cccc(Br)c2)c1C(=O)NCc1ccc(Cl)cc1. The Bertz CT molecular complexity index is 875. The summed E-state index contributed by atoms with van der Waals surface area (Å²) in [6.45, 7) is 2.13. The Hall–Kier alpha value is -2.11. The van der Waals surface area contributed by atoms with E-state index in [4.69, 9.17) is 16.1 Å². The molecule has 1 heterocycles. The van der Waals surface area contributed by atoms with Gasteiger partial charge in [-0.15, -0.1) is 0 Å². The molecule has 6 heteroatoms. The third-order valence-corrected chi connectivity index (χ3v) is 4.30. The highest BCUT2D eigenvalue weighted by Crippen LogP contribution is 2.27. The van der Waals surface area contributed by atoms with Crippen LogP contribution in [0.15, 0.2) is 57.5 Å². The van der Waals surface area contributed by atoms with E-state index in [-0.39, 0.29) is 5.91 Å². The fourth-order valence-electron chi connectivity index (χ4n) is 2.35. The Morgan fingerprint density at radius 2 is 2.00 bits per heavy atom. The van der Waals surface area contributed by atoms with Crippen molar-refractivity contribution in [2.45, 2.75) is 13.5 Å². The second-order valence-electron chi connectivity index (χ2n) is 5.28. The first-order chi connectivity index (χ1) is 11.5. The molecule has 0 bridgehead atoms. The van der Waals surface area contributed by atoms with Crippen LogP contribution in [0.1, 0.15) is 21.7 Å². The van der Waals surface area contributed by atoms with Crippen molar-refractivity contribution in [2.24, 2.45) is 0 Å². The van der Waals surface area contributed by atoms with E-state index in [1.807, 2.05) is 36.4 Å². The number of amides is 1. The number of aryl methyl sites for hydroxylation is 1. The van der Waals surface area contributed by atoms with Gasteiger partial charge in [0.05, 0.1) is 0 Å². The number of rotatable bonds is 4. The summed E-state index contributed by atoms with van der Waals surface area (Å²) in [4.78, 5) is 12.6. The molecule has 3 aromatic rings. The van der Waals surface area contributed by atoms with Crippen molar-refractivity contribution >= 4 is 33.4 Å². The van der Waals surface area contributed by atoms with Crippen LogP contribution in [0.3, 0.4) is 0 Å². The molecule has 3 rings (SSSR count). The van der Waals surface area contributed by atoms with Crippen molar-refractivity contribution in [3.05, 3.63) is 74.9 Å². The lowest BCUT2D eigenvalue weighted by atomic mass is 10.1. The minimum absolute atomic E-state index is 0.223. The van der Waals surface area contributed by atoms with Crippen molar-refractivity contribution in [1.82, 2.24) is 10.5 Å². The molecule has 2 aromatic carbocycles. The Balaban J connectivity index is 1.82. The first-order valence-electron chi connectivity index (χ1n) is 7.29. The molecular weight excluding hydrogens is 392 g/mol. The average Bonchev–Trinajstić information content (AvgIpc) is 2.96. The van der Waals surface area contributed by atoms with Crippen LogP contribution in [-0.4, -0.2) is 11.1 Å². The topological polar surface area (TPSA) is 55.1 Å². The van der Waals surface area contributed by atoms with Crippen LogP contribution in [0, 0.1) is 6.92 Å². The molecule has 0 aliphatic rings. The van der Waals surface area contributed by atoms with Gasteiger partial charge in [0, 0.05) is 21.6 Å². The predicted molar refractivity (Wildman–Crippen MR) is 97.0 cm³/mol. The second-order valence-corrected chi connectivity index (χ2v) is 6.63. The molecule has 0 aliphatic carbocycles. The summed E-state index contributed by atoms with van der Waals surface area (Å²) in [5.74, 6) is 0.261. The summed E-state index contributed by atoms with van der Waals surface area (Å²) in [5.41, 5.74) is 2.76. The van der Waals surface area contributed by atoms with Gasteiger partial charge in [0.1, 0.15) is 17.0 Å². The molecule has 1 aromatic heterocycles. The first kappa shape index (κ1) is 16.7. The Kier molecular flexibility index (Phi) is 5.02. The van der Waals surface area contributed by atoms with E-state index in [0.717, 1.165) is 15.6 Å². The molecule has 1 amide bonds. The Morgan fingerprint density at radius 1 is 1.25 bits per heavy atom. The third kappa shape index (κ3) is 3.68. The highest BCUT2D eigenvalue weighted by atomic mass is 79.9. The van der Waals surface area contributed by atoms with Gasteiger partial charge < -0.3 is 9.84 Å². The van der Waals surface area contributed by atoms with Crippen LogP contribution in [-0.2, 0) is 6.54 Å². The zero-order chi connectivity index (χ0) is 17.1. The number of nitrogens with zero attached hydrogens (tertiary/aromatic N) is 1. The van der Waals surface area contributed by atoms with Crippen LogP contribution in [0.5, 0.6) is 0 Å². The summed E-state index contributed by atoms with van der Waals surface area (Å²) in [6.07, 6.45) is 0. The molecule has 0 saturated heterocycles. The lowest BCUT2D eigenvalue weighted by Gasteiger charge is -2.06. The van der Waals surface area contributed by atoms with Gasteiger partial charge in [-0.05, 0) is 36.8 Å². The number of benzene rings is 2. The van der Waals surface area contributed by atoms with Crippen molar-refractivity contribution in [1.29, 1.82) is 0 Å². The molecule has 122 valence electrons. The minimum Gasteiger partial charge on any atom is -0.360 e. The van der Waals surface area contributed by atoms with Crippen molar-refractivity contribution in [2.75, 3.05) is 0 Å². The normalized spacial score (nSPS) is 10.6. The van der Waals surface area contributed by atoms with Crippen LogP contribution >= 0.6 is 27.5 Å². The molecule has 24 heavy (non-hydrogen) atoms. The standard InChI is InChI=1S/C18H14BrClN2O2/c1-11-16(17(22-24-11)13-3-2-4-14(19)9-13)18(23)21-10-12-5-7-15(20)8-6-12/h2-9H,10H2,1H3,(H,21,23). The number of carbonyl (C=O) groups excluding carboxylic acids is 1. The molecular formula is C18H14BrClN2O2. The van der Waals surface area contributed by atoms with Crippen LogP contribution in [0.25, 0.3) is 11.3 Å². The summed E-state index contributed by atoms with van der Waals surface area (Å²) in [6, 6.07) is 14.9. The van der Waals surface area contributed by atoms with Gasteiger partial charge in [0.25, 0.3) is 5.91 Å². The van der Waals surface area contributed by atoms with Crippen LogP contribution in [0.4, 0.5) is 0 Å². The number of hydrogen-bond acceptors (Lipinski definition) is 3. The molecule has 0 aliphatic heterocycles. The van der Waals surface area contributed by atoms with E-state index < -0.39 is 0 Å². The second kappa shape index (κ2) is 7.20. The maximum Gasteiger partial charge on any atom is 0.257 e. The van der Waals surface area contributed by atoms with Gasteiger partial charge >= 0.3 is 0 Å². The smallest absolute Gasteiger partial charge is 0.257 e. The predicted octanol–water partition coefficient (Wildman–Crippen LogP) is 5.00. The number of halogens is 2. The fraction of sp³-hybridized carbons (Fsp3) is 0.111. The largest absolute Gasteiger partial charge is 0.360 e. The maximum atomic E-state index is 12.6. The van der Waals surface area contributed by atoms with Crippen molar-refractivity contribution in [3.8, 4) is 11.3 Å².